The number of benzene rings is 1. The summed E-state index contributed by atoms with van der Waals surface area (Å²) in [5, 5.41) is 3.33. The highest BCUT2D eigenvalue weighted by atomic mass is 19.1. The van der Waals surface area contributed by atoms with Gasteiger partial charge in [-0.2, -0.15) is 0 Å². The van der Waals surface area contributed by atoms with Gasteiger partial charge in [0.2, 0.25) is 0 Å². The Balaban J connectivity index is 1.96. The molecule has 0 saturated carbocycles. The van der Waals surface area contributed by atoms with E-state index in [4.69, 9.17) is 4.74 Å². The van der Waals surface area contributed by atoms with Gasteiger partial charge in [0.15, 0.2) is 0 Å². The van der Waals surface area contributed by atoms with Crippen LogP contribution < -0.4 is 10.2 Å². The van der Waals surface area contributed by atoms with E-state index in [0.29, 0.717) is 24.8 Å². The van der Waals surface area contributed by atoms with Gasteiger partial charge < -0.3 is 15.0 Å². The van der Waals surface area contributed by atoms with Crippen molar-refractivity contribution in [1.29, 1.82) is 0 Å². The molecule has 0 radical (unpaired) electrons. The first-order chi connectivity index (χ1) is 9.16. The molecule has 106 valence electrons. The van der Waals surface area contributed by atoms with E-state index in [-0.39, 0.29) is 5.82 Å². The fraction of sp³-hybridized carbons (Fsp3) is 0.600. The number of morpholine rings is 1. The smallest absolute Gasteiger partial charge is 0.146 e. The summed E-state index contributed by atoms with van der Waals surface area (Å²) in [6, 6.07) is 5.52. The van der Waals surface area contributed by atoms with Crippen LogP contribution in [0.15, 0.2) is 18.2 Å². The molecule has 1 aromatic rings. The van der Waals surface area contributed by atoms with Gasteiger partial charge in [-0.3, -0.25) is 0 Å². The number of hydrogen-bond acceptors (Lipinski definition) is 3. The summed E-state index contributed by atoms with van der Waals surface area (Å²) < 4.78 is 19.4. The lowest BCUT2D eigenvalue weighted by Gasteiger charge is -2.29. The Morgan fingerprint density at radius 3 is 2.68 bits per heavy atom. The molecule has 19 heavy (non-hydrogen) atoms. The molecule has 0 atom stereocenters. The average Bonchev–Trinajstić information content (AvgIpc) is 2.39. The van der Waals surface area contributed by atoms with Crippen LogP contribution in [0.5, 0.6) is 0 Å². The second-order valence-electron chi connectivity index (χ2n) is 5.41. The zero-order valence-electron chi connectivity index (χ0n) is 11.8. The molecule has 1 heterocycles. The molecule has 4 heteroatoms. The monoisotopic (exact) mass is 266 g/mol. The molecular weight excluding hydrogens is 243 g/mol. The molecule has 0 unspecified atom stereocenters. The quantitative estimate of drug-likeness (QED) is 0.885. The van der Waals surface area contributed by atoms with Crippen LogP contribution in [0, 0.1) is 11.7 Å². The van der Waals surface area contributed by atoms with Crippen molar-refractivity contribution in [3.63, 3.8) is 0 Å². The minimum absolute atomic E-state index is 0.134. The Hall–Kier alpha value is -1.13. The summed E-state index contributed by atoms with van der Waals surface area (Å²) in [7, 11) is 0. The van der Waals surface area contributed by atoms with Gasteiger partial charge >= 0.3 is 0 Å². The van der Waals surface area contributed by atoms with Gasteiger partial charge in [0.05, 0.1) is 18.9 Å². The topological polar surface area (TPSA) is 24.5 Å². The molecule has 2 rings (SSSR count). The first kappa shape index (κ1) is 14.3. The van der Waals surface area contributed by atoms with Gasteiger partial charge in [0, 0.05) is 19.6 Å². The fourth-order valence-electron chi connectivity index (χ4n) is 2.23. The number of rotatable bonds is 5. The van der Waals surface area contributed by atoms with Crippen molar-refractivity contribution in [2.75, 3.05) is 37.7 Å². The van der Waals surface area contributed by atoms with E-state index in [1.54, 1.807) is 6.07 Å². The van der Waals surface area contributed by atoms with Gasteiger partial charge in [-0.15, -0.1) is 0 Å². The lowest BCUT2D eigenvalue weighted by atomic mass is 10.1. The van der Waals surface area contributed by atoms with E-state index in [9.17, 15) is 4.39 Å². The first-order valence-corrected chi connectivity index (χ1v) is 6.98. The molecule has 1 N–H and O–H groups in total. The van der Waals surface area contributed by atoms with E-state index in [1.165, 1.54) is 0 Å². The highest BCUT2D eigenvalue weighted by Crippen LogP contribution is 2.21. The number of nitrogens with zero attached hydrogens (tertiary/aromatic N) is 1. The SMILES string of the molecule is CC(C)CNCc1ccc(N2CCOCC2)c(F)c1. The third-order valence-electron chi connectivity index (χ3n) is 3.25. The molecule has 1 aromatic carbocycles. The molecule has 1 saturated heterocycles. The Bertz CT molecular complexity index is 403. The molecule has 1 fully saturated rings. The van der Waals surface area contributed by atoms with Gasteiger partial charge in [-0.05, 0) is 30.2 Å². The molecule has 0 amide bonds. The predicted octanol–water partition coefficient (Wildman–Crippen LogP) is 2.41. The second-order valence-corrected chi connectivity index (χ2v) is 5.41. The standard InChI is InChI=1S/C15H23FN2O/c1-12(2)10-17-11-13-3-4-15(14(16)9-13)18-5-7-19-8-6-18/h3-4,9,12,17H,5-8,10-11H2,1-2H3. The van der Waals surface area contributed by atoms with Crippen LogP contribution in [-0.4, -0.2) is 32.8 Å². The van der Waals surface area contributed by atoms with Crippen molar-refractivity contribution in [2.24, 2.45) is 5.92 Å². The van der Waals surface area contributed by atoms with Gasteiger partial charge in [0.1, 0.15) is 5.82 Å². The third kappa shape index (κ3) is 4.18. The average molecular weight is 266 g/mol. The lowest BCUT2D eigenvalue weighted by Crippen LogP contribution is -2.36. The van der Waals surface area contributed by atoms with Crippen LogP contribution in [0.4, 0.5) is 10.1 Å². The zero-order valence-corrected chi connectivity index (χ0v) is 11.8. The Morgan fingerprint density at radius 1 is 1.32 bits per heavy atom. The summed E-state index contributed by atoms with van der Waals surface area (Å²) in [6.07, 6.45) is 0. The molecular formula is C15H23FN2O. The summed E-state index contributed by atoms with van der Waals surface area (Å²) in [6.45, 7) is 8.88. The number of hydrogen-bond donors (Lipinski definition) is 1. The third-order valence-corrected chi connectivity index (χ3v) is 3.25. The van der Waals surface area contributed by atoms with E-state index >= 15 is 0 Å². The summed E-state index contributed by atoms with van der Waals surface area (Å²) >= 11 is 0. The summed E-state index contributed by atoms with van der Waals surface area (Å²) in [5.41, 5.74) is 1.69. The number of nitrogens with one attached hydrogen (secondary N) is 1. The Labute approximate surface area is 114 Å². The van der Waals surface area contributed by atoms with Crippen LogP contribution in [0.1, 0.15) is 19.4 Å². The maximum atomic E-state index is 14.1. The Morgan fingerprint density at radius 2 is 2.05 bits per heavy atom. The molecule has 0 spiro atoms. The van der Waals surface area contributed by atoms with Gasteiger partial charge in [-0.1, -0.05) is 19.9 Å². The van der Waals surface area contributed by atoms with Crippen LogP contribution in [0.25, 0.3) is 0 Å². The van der Waals surface area contributed by atoms with Crippen LogP contribution in [0.3, 0.4) is 0 Å². The molecule has 1 aliphatic rings. The summed E-state index contributed by atoms with van der Waals surface area (Å²) in [5.74, 6) is 0.475. The number of anilines is 1. The predicted molar refractivity (Wildman–Crippen MR) is 76.0 cm³/mol. The highest BCUT2D eigenvalue weighted by Gasteiger charge is 2.15. The number of halogens is 1. The maximum absolute atomic E-state index is 14.1. The van der Waals surface area contributed by atoms with Crippen LogP contribution in [0.2, 0.25) is 0 Å². The van der Waals surface area contributed by atoms with Gasteiger partial charge in [0.25, 0.3) is 0 Å². The molecule has 0 aromatic heterocycles. The molecule has 0 bridgehead atoms. The van der Waals surface area contributed by atoms with Crippen molar-refractivity contribution in [1.82, 2.24) is 5.32 Å². The van der Waals surface area contributed by atoms with Crippen molar-refractivity contribution < 1.29 is 9.13 Å². The van der Waals surface area contributed by atoms with E-state index < -0.39 is 0 Å². The van der Waals surface area contributed by atoms with Crippen molar-refractivity contribution in [3.8, 4) is 0 Å². The number of ether oxygens (including phenoxy) is 1. The van der Waals surface area contributed by atoms with Crippen molar-refractivity contribution >= 4 is 5.69 Å². The molecule has 1 aliphatic heterocycles. The van der Waals surface area contributed by atoms with Crippen LogP contribution >= 0.6 is 0 Å². The summed E-state index contributed by atoms with van der Waals surface area (Å²) in [4.78, 5) is 2.05. The normalized spacial score (nSPS) is 16.1. The van der Waals surface area contributed by atoms with E-state index in [2.05, 4.69) is 19.2 Å². The second kappa shape index (κ2) is 6.87. The minimum atomic E-state index is -0.134. The first-order valence-electron chi connectivity index (χ1n) is 6.98. The largest absolute Gasteiger partial charge is 0.378 e. The minimum Gasteiger partial charge on any atom is -0.378 e. The lowest BCUT2D eigenvalue weighted by molar-refractivity contribution is 0.122. The van der Waals surface area contributed by atoms with Crippen molar-refractivity contribution in [3.05, 3.63) is 29.6 Å². The molecule has 3 nitrogen and oxygen atoms in total. The van der Waals surface area contributed by atoms with Crippen molar-refractivity contribution in [2.45, 2.75) is 20.4 Å². The fourth-order valence-corrected chi connectivity index (χ4v) is 2.23. The zero-order chi connectivity index (χ0) is 13.7. The maximum Gasteiger partial charge on any atom is 0.146 e. The van der Waals surface area contributed by atoms with Gasteiger partial charge in [-0.25, -0.2) is 4.39 Å². The van der Waals surface area contributed by atoms with Crippen LogP contribution in [-0.2, 0) is 11.3 Å². The van der Waals surface area contributed by atoms with E-state index in [1.807, 2.05) is 17.0 Å². The molecule has 0 aliphatic carbocycles. The Kier molecular flexibility index (Phi) is 5.16. The van der Waals surface area contributed by atoms with E-state index in [0.717, 1.165) is 31.7 Å². The highest BCUT2D eigenvalue weighted by molar-refractivity contribution is 5.49.